The fourth-order valence-corrected chi connectivity index (χ4v) is 2.96. The Balaban J connectivity index is 1.97. The van der Waals surface area contributed by atoms with Crippen molar-refractivity contribution in [1.82, 2.24) is 9.88 Å². The number of ether oxygens (including phenoxy) is 2. The zero-order chi connectivity index (χ0) is 16.3. The van der Waals surface area contributed by atoms with Crippen molar-refractivity contribution in [2.75, 3.05) is 38.2 Å². The van der Waals surface area contributed by atoms with Crippen molar-refractivity contribution >= 4 is 28.4 Å². The van der Waals surface area contributed by atoms with Gasteiger partial charge < -0.3 is 19.3 Å². The number of esters is 1. The van der Waals surface area contributed by atoms with Gasteiger partial charge in [0.2, 0.25) is 0 Å². The molecule has 1 saturated heterocycles. The molecule has 2 rings (SSSR count). The minimum Gasteiger partial charge on any atom is -0.464 e. The molecule has 22 heavy (non-hydrogen) atoms. The molecule has 0 aliphatic carbocycles. The van der Waals surface area contributed by atoms with E-state index >= 15 is 0 Å². The van der Waals surface area contributed by atoms with Crippen LogP contribution in [0.25, 0.3) is 0 Å². The molecule has 1 fully saturated rings. The maximum atomic E-state index is 12.0. The largest absolute Gasteiger partial charge is 0.464 e. The minimum absolute atomic E-state index is 0.301. The van der Waals surface area contributed by atoms with Gasteiger partial charge in [0.15, 0.2) is 5.69 Å². The van der Waals surface area contributed by atoms with Crippen LogP contribution < -0.4 is 4.90 Å². The summed E-state index contributed by atoms with van der Waals surface area (Å²) in [6, 6.07) is 0. The fourth-order valence-electron chi connectivity index (χ4n) is 2.12. The molecule has 1 aliphatic rings. The first-order chi connectivity index (χ1) is 10.3. The monoisotopic (exact) mass is 327 g/mol. The Morgan fingerprint density at radius 1 is 1.23 bits per heavy atom. The lowest BCUT2D eigenvalue weighted by molar-refractivity contribution is 0.0240. The van der Waals surface area contributed by atoms with E-state index in [0.717, 1.165) is 5.00 Å². The van der Waals surface area contributed by atoms with Crippen LogP contribution in [-0.4, -0.2) is 60.8 Å². The van der Waals surface area contributed by atoms with Crippen LogP contribution in [0.5, 0.6) is 0 Å². The summed E-state index contributed by atoms with van der Waals surface area (Å²) < 4.78 is 10.1. The van der Waals surface area contributed by atoms with E-state index in [9.17, 15) is 9.59 Å². The smallest absolute Gasteiger partial charge is 0.410 e. The number of anilines is 1. The molecule has 1 amide bonds. The standard InChI is InChI=1S/C14H21N3O4S/c1-14(2,3)21-13(19)17-7-5-16(6-8-17)11-10(12(18)20-4)15-9-22-11/h9H,5-8H2,1-4H3. The fraction of sp³-hybridized carbons (Fsp3) is 0.643. The molecule has 0 bridgehead atoms. The maximum Gasteiger partial charge on any atom is 0.410 e. The van der Waals surface area contributed by atoms with Crippen LogP contribution in [0.15, 0.2) is 5.51 Å². The average Bonchev–Trinajstić information content (AvgIpc) is 2.94. The normalized spacial score (nSPS) is 15.6. The summed E-state index contributed by atoms with van der Waals surface area (Å²) in [7, 11) is 1.34. The van der Waals surface area contributed by atoms with E-state index in [2.05, 4.69) is 4.98 Å². The van der Waals surface area contributed by atoms with Crippen LogP contribution in [0.1, 0.15) is 31.3 Å². The van der Waals surface area contributed by atoms with Gasteiger partial charge in [0, 0.05) is 26.2 Å². The third kappa shape index (κ3) is 3.88. The molecular weight excluding hydrogens is 306 g/mol. The third-order valence-corrected chi connectivity index (χ3v) is 4.03. The van der Waals surface area contributed by atoms with E-state index in [1.807, 2.05) is 25.7 Å². The molecule has 122 valence electrons. The van der Waals surface area contributed by atoms with Gasteiger partial charge in [0.05, 0.1) is 12.6 Å². The Bertz CT molecular complexity index is 545. The van der Waals surface area contributed by atoms with Gasteiger partial charge in [-0.3, -0.25) is 0 Å². The third-order valence-electron chi connectivity index (χ3n) is 3.15. The lowest BCUT2D eigenvalue weighted by Crippen LogP contribution is -2.50. The number of nitrogens with zero attached hydrogens (tertiary/aromatic N) is 3. The summed E-state index contributed by atoms with van der Waals surface area (Å²) in [6.07, 6.45) is -0.301. The number of carbonyl (C=O) groups excluding carboxylic acids is 2. The van der Waals surface area contributed by atoms with Gasteiger partial charge in [-0.25, -0.2) is 14.6 Å². The van der Waals surface area contributed by atoms with Crippen molar-refractivity contribution in [3.63, 3.8) is 0 Å². The van der Waals surface area contributed by atoms with Crippen molar-refractivity contribution < 1.29 is 19.1 Å². The van der Waals surface area contributed by atoms with Gasteiger partial charge in [0.1, 0.15) is 10.6 Å². The molecule has 2 heterocycles. The Hall–Kier alpha value is -1.83. The highest BCUT2D eigenvalue weighted by Gasteiger charge is 2.28. The van der Waals surface area contributed by atoms with Crippen LogP contribution in [0.3, 0.4) is 0 Å². The zero-order valence-corrected chi connectivity index (χ0v) is 14.1. The molecule has 7 nitrogen and oxygen atoms in total. The Morgan fingerprint density at radius 3 is 2.41 bits per heavy atom. The molecule has 8 heteroatoms. The Morgan fingerprint density at radius 2 is 1.86 bits per heavy atom. The summed E-state index contributed by atoms with van der Waals surface area (Å²) >= 11 is 1.40. The molecule has 1 aromatic rings. The Kier molecular flexibility index (Phi) is 4.90. The van der Waals surface area contributed by atoms with Crippen molar-refractivity contribution in [3.8, 4) is 0 Å². The van der Waals surface area contributed by atoms with Gasteiger partial charge in [-0.1, -0.05) is 0 Å². The van der Waals surface area contributed by atoms with Gasteiger partial charge in [-0.15, -0.1) is 11.3 Å². The number of aromatic nitrogens is 1. The van der Waals surface area contributed by atoms with Crippen LogP contribution in [-0.2, 0) is 9.47 Å². The second kappa shape index (κ2) is 6.51. The highest BCUT2D eigenvalue weighted by atomic mass is 32.1. The summed E-state index contributed by atoms with van der Waals surface area (Å²) in [4.78, 5) is 31.5. The van der Waals surface area contributed by atoms with Crippen LogP contribution in [0, 0.1) is 0 Å². The average molecular weight is 327 g/mol. The molecule has 1 aromatic heterocycles. The first-order valence-corrected chi connectivity index (χ1v) is 7.94. The number of thiazole rings is 1. The highest BCUT2D eigenvalue weighted by Crippen LogP contribution is 2.27. The molecular formula is C14H21N3O4S. The predicted molar refractivity (Wildman–Crippen MR) is 83.5 cm³/mol. The highest BCUT2D eigenvalue weighted by molar-refractivity contribution is 7.14. The number of rotatable bonds is 2. The summed E-state index contributed by atoms with van der Waals surface area (Å²) in [5.41, 5.74) is 1.46. The van der Waals surface area contributed by atoms with E-state index < -0.39 is 11.6 Å². The molecule has 0 aromatic carbocycles. The molecule has 0 unspecified atom stereocenters. The van der Waals surface area contributed by atoms with Crippen molar-refractivity contribution in [1.29, 1.82) is 0 Å². The lowest BCUT2D eigenvalue weighted by Gasteiger charge is -2.36. The Labute approximate surface area is 133 Å². The van der Waals surface area contributed by atoms with E-state index in [0.29, 0.717) is 31.9 Å². The first-order valence-electron chi connectivity index (χ1n) is 7.06. The molecule has 1 aliphatic heterocycles. The van der Waals surface area contributed by atoms with Gasteiger partial charge in [0.25, 0.3) is 0 Å². The van der Waals surface area contributed by atoms with E-state index in [1.54, 1.807) is 10.4 Å². The number of hydrogen-bond acceptors (Lipinski definition) is 7. The van der Waals surface area contributed by atoms with Crippen molar-refractivity contribution in [2.24, 2.45) is 0 Å². The lowest BCUT2D eigenvalue weighted by atomic mass is 10.2. The van der Waals surface area contributed by atoms with E-state index in [-0.39, 0.29) is 6.09 Å². The number of methoxy groups -OCH3 is 1. The minimum atomic E-state index is -0.496. The molecule has 0 atom stereocenters. The number of piperazine rings is 1. The van der Waals surface area contributed by atoms with Gasteiger partial charge >= 0.3 is 12.1 Å². The second-order valence-corrected chi connectivity index (χ2v) is 6.79. The van der Waals surface area contributed by atoms with Gasteiger partial charge in [-0.05, 0) is 20.8 Å². The molecule has 0 N–H and O–H groups in total. The van der Waals surface area contributed by atoms with Crippen LogP contribution in [0.2, 0.25) is 0 Å². The number of amides is 1. The van der Waals surface area contributed by atoms with Crippen LogP contribution in [0.4, 0.5) is 9.80 Å². The summed E-state index contributed by atoms with van der Waals surface area (Å²) in [5.74, 6) is -0.439. The quantitative estimate of drug-likeness (QED) is 0.774. The van der Waals surface area contributed by atoms with Crippen molar-refractivity contribution in [2.45, 2.75) is 26.4 Å². The predicted octanol–water partition coefficient (Wildman–Crippen LogP) is 1.99. The SMILES string of the molecule is COC(=O)c1ncsc1N1CCN(C(=O)OC(C)(C)C)CC1. The molecule has 0 spiro atoms. The van der Waals surface area contributed by atoms with Crippen molar-refractivity contribution in [3.05, 3.63) is 11.2 Å². The van der Waals surface area contributed by atoms with Gasteiger partial charge in [-0.2, -0.15) is 0 Å². The van der Waals surface area contributed by atoms with Crippen LogP contribution >= 0.6 is 11.3 Å². The molecule has 0 saturated carbocycles. The number of carbonyl (C=O) groups is 2. The summed E-state index contributed by atoms with van der Waals surface area (Å²) in [6.45, 7) is 7.90. The topological polar surface area (TPSA) is 72.0 Å². The second-order valence-electron chi connectivity index (χ2n) is 5.95. The zero-order valence-electron chi connectivity index (χ0n) is 13.3. The maximum absolute atomic E-state index is 12.0. The first kappa shape index (κ1) is 16.5. The summed E-state index contributed by atoms with van der Waals surface area (Å²) in [5, 5.41) is 0.788. The van der Waals surface area contributed by atoms with E-state index in [1.165, 1.54) is 18.4 Å². The number of hydrogen-bond donors (Lipinski definition) is 0. The molecule has 0 radical (unpaired) electrons. The van der Waals surface area contributed by atoms with E-state index in [4.69, 9.17) is 9.47 Å².